The van der Waals surface area contributed by atoms with E-state index in [4.69, 9.17) is 0 Å². The standard InChI is InChI=1S/C34H41F3N8OS2/c1-23-24(19-42-9-5-25(6-10-42)41-31-29-16-27(17-34(35,36)37)47-32(29)40-22-39-31)3-4-30-28(23)15-26(18-38)45(30)14-13-43-20-33(21-43)7-11-44(12-8-33)48(2)46/h3-4,15-16,22,25H,5-14,17,19-21H2,1-2H3,(H,39,40,41). The highest BCUT2D eigenvalue weighted by Gasteiger charge is 2.44. The molecule has 1 unspecified atom stereocenters. The van der Waals surface area contributed by atoms with Gasteiger partial charge in [-0.25, -0.2) is 18.5 Å². The highest BCUT2D eigenvalue weighted by Crippen LogP contribution is 2.41. The normalized spacial score (nSPS) is 20.3. The van der Waals surface area contributed by atoms with Crippen LogP contribution in [0.25, 0.3) is 21.1 Å². The molecule has 0 radical (unpaired) electrons. The molecular formula is C34H41F3N8OS2. The van der Waals surface area contributed by atoms with Crippen LogP contribution in [0.4, 0.5) is 19.0 Å². The third-order valence-corrected chi connectivity index (χ3v) is 12.7. The number of nitriles is 1. The number of fused-ring (bicyclic) bond motifs is 2. The van der Waals surface area contributed by atoms with E-state index in [-0.39, 0.29) is 10.9 Å². The molecule has 4 aromatic rings. The van der Waals surface area contributed by atoms with Crippen LogP contribution < -0.4 is 5.32 Å². The van der Waals surface area contributed by atoms with Gasteiger partial charge in [-0.2, -0.15) is 18.4 Å². The summed E-state index contributed by atoms with van der Waals surface area (Å²) < 4.78 is 54.9. The second-order valence-electron chi connectivity index (χ2n) is 13.8. The van der Waals surface area contributed by atoms with E-state index < -0.39 is 23.6 Å². The van der Waals surface area contributed by atoms with Crippen LogP contribution in [0.3, 0.4) is 0 Å². The molecule has 9 nitrogen and oxygen atoms in total. The Morgan fingerprint density at radius 2 is 1.81 bits per heavy atom. The molecule has 3 saturated heterocycles. The first kappa shape index (κ1) is 33.4. The summed E-state index contributed by atoms with van der Waals surface area (Å²) in [6, 6.07) is 10.6. The van der Waals surface area contributed by atoms with Gasteiger partial charge in [0.1, 0.15) is 28.7 Å². The lowest BCUT2D eigenvalue weighted by Crippen LogP contribution is -2.60. The van der Waals surface area contributed by atoms with E-state index in [2.05, 4.69) is 59.1 Å². The number of anilines is 1. The lowest BCUT2D eigenvalue weighted by atomic mass is 9.72. The van der Waals surface area contributed by atoms with Crippen molar-refractivity contribution in [2.75, 3.05) is 57.4 Å². The maximum Gasteiger partial charge on any atom is 0.393 e. The highest BCUT2D eigenvalue weighted by molar-refractivity contribution is 7.81. The predicted molar refractivity (Wildman–Crippen MR) is 184 cm³/mol. The van der Waals surface area contributed by atoms with E-state index >= 15 is 0 Å². The number of aromatic nitrogens is 3. The summed E-state index contributed by atoms with van der Waals surface area (Å²) in [7, 11) is -0.881. The van der Waals surface area contributed by atoms with Gasteiger partial charge in [0, 0.05) is 87.0 Å². The molecule has 256 valence electrons. The molecule has 7 rings (SSSR count). The average molecular weight is 699 g/mol. The van der Waals surface area contributed by atoms with Gasteiger partial charge in [-0.3, -0.25) is 4.90 Å². The largest absolute Gasteiger partial charge is 0.393 e. The number of aryl methyl sites for hydroxylation is 1. The van der Waals surface area contributed by atoms with Crippen molar-refractivity contribution < 1.29 is 17.4 Å². The summed E-state index contributed by atoms with van der Waals surface area (Å²) in [6.45, 7) is 10.4. The zero-order valence-electron chi connectivity index (χ0n) is 27.4. The Morgan fingerprint density at radius 1 is 1.06 bits per heavy atom. The third-order valence-electron chi connectivity index (χ3n) is 10.6. The van der Waals surface area contributed by atoms with Gasteiger partial charge >= 0.3 is 6.18 Å². The summed E-state index contributed by atoms with van der Waals surface area (Å²) in [6.07, 6.45) is 1.98. The lowest BCUT2D eigenvalue weighted by Gasteiger charge is -2.54. The van der Waals surface area contributed by atoms with E-state index in [1.54, 1.807) is 12.3 Å². The first-order valence-electron chi connectivity index (χ1n) is 16.6. The van der Waals surface area contributed by atoms with E-state index in [0.717, 1.165) is 107 Å². The monoisotopic (exact) mass is 698 g/mol. The van der Waals surface area contributed by atoms with Gasteiger partial charge in [0.25, 0.3) is 0 Å². The first-order chi connectivity index (χ1) is 23.0. The van der Waals surface area contributed by atoms with Crippen LogP contribution in [0, 0.1) is 23.7 Å². The zero-order valence-corrected chi connectivity index (χ0v) is 29.0. The molecule has 3 aliphatic heterocycles. The van der Waals surface area contributed by atoms with Crippen molar-refractivity contribution in [2.24, 2.45) is 5.41 Å². The summed E-state index contributed by atoms with van der Waals surface area (Å²) in [5.41, 5.74) is 4.63. The quantitative estimate of drug-likeness (QED) is 0.240. The van der Waals surface area contributed by atoms with Crippen LogP contribution >= 0.6 is 11.3 Å². The number of nitrogens with one attached hydrogen (secondary N) is 1. The zero-order chi connectivity index (χ0) is 33.6. The second kappa shape index (κ2) is 13.3. The molecule has 1 spiro atoms. The number of thiophene rings is 1. The van der Waals surface area contributed by atoms with Crippen LogP contribution in [0.15, 0.2) is 30.6 Å². The van der Waals surface area contributed by atoms with Crippen LogP contribution in [-0.2, 0) is 30.5 Å². The van der Waals surface area contributed by atoms with E-state index in [9.17, 15) is 22.6 Å². The topological polar surface area (TPSA) is 93.3 Å². The Balaban J connectivity index is 0.944. The van der Waals surface area contributed by atoms with Crippen LogP contribution in [0.5, 0.6) is 0 Å². The van der Waals surface area contributed by atoms with Crippen LogP contribution in [-0.4, -0.2) is 97.1 Å². The molecule has 3 fully saturated rings. The number of nitrogens with zero attached hydrogens (tertiary/aromatic N) is 7. The van der Waals surface area contributed by atoms with E-state index in [1.165, 1.54) is 17.5 Å². The highest BCUT2D eigenvalue weighted by atomic mass is 32.2. The summed E-state index contributed by atoms with van der Waals surface area (Å²) in [4.78, 5) is 14.3. The number of likely N-dealkylation sites (tertiary alicyclic amines) is 2. The van der Waals surface area contributed by atoms with Crippen LogP contribution in [0.2, 0.25) is 0 Å². The molecule has 3 aromatic heterocycles. The van der Waals surface area contributed by atoms with Gasteiger partial charge < -0.3 is 14.8 Å². The molecule has 48 heavy (non-hydrogen) atoms. The maximum atomic E-state index is 13.0. The van der Waals surface area contributed by atoms with Crippen molar-refractivity contribution in [1.29, 1.82) is 5.26 Å². The van der Waals surface area contributed by atoms with Gasteiger partial charge in [-0.05, 0) is 67.3 Å². The first-order valence-corrected chi connectivity index (χ1v) is 18.9. The minimum Gasteiger partial charge on any atom is -0.367 e. The van der Waals surface area contributed by atoms with Crippen LogP contribution in [0.1, 0.15) is 47.4 Å². The SMILES string of the molecule is Cc1c(CN2CCC(Nc3ncnc4sc(CC(F)(F)F)cc34)CC2)ccc2c1cc(C#N)n2CCN1CC2(CCN(S(C)=O)CC2)C1. The minimum atomic E-state index is -4.25. The van der Waals surface area contributed by atoms with Gasteiger partial charge in [0.2, 0.25) is 0 Å². The number of hydrogen-bond acceptors (Lipinski definition) is 8. The summed E-state index contributed by atoms with van der Waals surface area (Å²) >= 11 is 1.07. The lowest BCUT2D eigenvalue weighted by molar-refractivity contribution is -0.126. The van der Waals surface area contributed by atoms with Crippen molar-refractivity contribution in [2.45, 2.75) is 64.3 Å². The molecule has 1 aromatic carbocycles. The number of halogens is 3. The van der Waals surface area contributed by atoms with Gasteiger partial charge in [-0.15, -0.1) is 11.3 Å². The summed E-state index contributed by atoms with van der Waals surface area (Å²) in [5, 5.41) is 15.3. The molecule has 14 heteroatoms. The Bertz CT molecular complexity index is 1860. The predicted octanol–water partition coefficient (Wildman–Crippen LogP) is 5.70. The fraction of sp³-hybridized carbons (Fsp3) is 0.559. The second-order valence-corrected chi connectivity index (χ2v) is 16.3. The number of piperidine rings is 2. The van der Waals surface area contributed by atoms with Crippen molar-refractivity contribution in [3.63, 3.8) is 0 Å². The Morgan fingerprint density at radius 3 is 2.50 bits per heavy atom. The fourth-order valence-corrected chi connectivity index (χ4v) is 9.56. The molecule has 1 N–H and O–H groups in total. The Hall–Kier alpha value is -3.09. The van der Waals surface area contributed by atoms with Crippen molar-refractivity contribution in [3.8, 4) is 6.07 Å². The van der Waals surface area contributed by atoms with Gasteiger partial charge in [-0.1, -0.05) is 6.07 Å². The molecule has 6 heterocycles. The average Bonchev–Trinajstić information content (AvgIpc) is 3.61. The van der Waals surface area contributed by atoms with E-state index in [0.29, 0.717) is 27.1 Å². The summed E-state index contributed by atoms with van der Waals surface area (Å²) in [5.74, 6) is 0.604. The molecule has 0 bridgehead atoms. The molecule has 1 atom stereocenters. The van der Waals surface area contributed by atoms with Crippen molar-refractivity contribution in [1.82, 2.24) is 28.6 Å². The smallest absolute Gasteiger partial charge is 0.367 e. The third kappa shape index (κ3) is 6.98. The number of benzene rings is 1. The van der Waals surface area contributed by atoms with Crippen molar-refractivity contribution in [3.05, 3.63) is 52.3 Å². The molecule has 0 aliphatic carbocycles. The van der Waals surface area contributed by atoms with Crippen molar-refractivity contribution >= 4 is 49.3 Å². The molecule has 0 saturated carbocycles. The molecular weight excluding hydrogens is 658 g/mol. The Kier molecular flexibility index (Phi) is 9.27. The fourth-order valence-electron chi connectivity index (χ4n) is 7.84. The minimum absolute atomic E-state index is 0.178. The van der Waals surface area contributed by atoms with Gasteiger partial charge in [0.15, 0.2) is 0 Å². The molecule has 0 amide bonds. The van der Waals surface area contributed by atoms with E-state index in [1.807, 2.05) is 6.07 Å². The Labute approximate surface area is 285 Å². The molecule has 3 aliphatic rings. The number of alkyl halides is 3. The number of rotatable bonds is 9. The van der Waals surface area contributed by atoms with Gasteiger partial charge in [0.05, 0.1) is 22.8 Å². The number of hydrogen-bond donors (Lipinski definition) is 1. The maximum absolute atomic E-state index is 13.0.